The van der Waals surface area contributed by atoms with Crippen LogP contribution in [0, 0.1) is 11.8 Å². The van der Waals surface area contributed by atoms with Gasteiger partial charge in [0.1, 0.15) is 0 Å². The number of rotatable bonds is 6. The number of carbonyl (C=O) groups is 1. The summed E-state index contributed by atoms with van der Waals surface area (Å²) >= 11 is 0. The van der Waals surface area contributed by atoms with Crippen molar-refractivity contribution in [2.75, 3.05) is 0 Å². The van der Waals surface area contributed by atoms with Crippen LogP contribution in [0.15, 0.2) is 30.3 Å². The zero-order valence-corrected chi connectivity index (χ0v) is 10.0. The third-order valence-electron chi connectivity index (χ3n) is 2.94. The number of hydrogen-bond donors (Lipinski definition) is 1. The molecule has 0 aliphatic rings. The van der Waals surface area contributed by atoms with Crippen LogP contribution in [-0.4, -0.2) is 11.1 Å². The summed E-state index contributed by atoms with van der Waals surface area (Å²) in [6.45, 7) is 3.96. The van der Waals surface area contributed by atoms with Crippen molar-refractivity contribution in [3.05, 3.63) is 35.9 Å². The fraction of sp³-hybridized carbons (Fsp3) is 0.500. The second kappa shape index (κ2) is 6.31. The van der Waals surface area contributed by atoms with Crippen LogP contribution in [0.3, 0.4) is 0 Å². The molecule has 0 saturated carbocycles. The van der Waals surface area contributed by atoms with E-state index in [-0.39, 0.29) is 5.92 Å². The Kier molecular flexibility index (Phi) is 5.03. The van der Waals surface area contributed by atoms with Crippen molar-refractivity contribution in [3.63, 3.8) is 0 Å². The van der Waals surface area contributed by atoms with Gasteiger partial charge in [-0.2, -0.15) is 0 Å². The van der Waals surface area contributed by atoms with Gasteiger partial charge < -0.3 is 5.11 Å². The standard InChI is InChI=1S/C14H20O2/c1-11(8-9-12(2)14(15)16)10-13-6-4-3-5-7-13/h3-7,11-12H,8-10H2,1-2H3,(H,15,16). The molecule has 2 atom stereocenters. The molecule has 0 amide bonds. The normalized spacial score (nSPS) is 14.4. The van der Waals surface area contributed by atoms with Gasteiger partial charge in [-0.1, -0.05) is 44.2 Å². The Labute approximate surface area is 97.3 Å². The molecule has 1 aromatic rings. The summed E-state index contributed by atoms with van der Waals surface area (Å²) in [6.07, 6.45) is 2.78. The Hall–Kier alpha value is -1.31. The quantitative estimate of drug-likeness (QED) is 0.798. The monoisotopic (exact) mass is 220 g/mol. The lowest BCUT2D eigenvalue weighted by Gasteiger charge is -2.13. The lowest BCUT2D eigenvalue weighted by atomic mass is 9.93. The third-order valence-corrected chi connectivity index (χ3v) is 2.94. The molecule has 0 fully saturated rings. The Balaban J connectivity index is 2.31. The van der Waals surface area contributed by atoms with Crippen molar-refractivity contribution in [1.82, 2.24) is 0 Å². The van der Waals surface area contributed by atoms with E-state index in [4.69, 9.17) is 5.11 Å². The van der Waals surface area contributed by atoms with Gasteiger partial charge in [-0.3, -0.25) is 4.79 Å². The molecule has 1 aromatic carbocycles. The first-order valence-corrected chi connectivity index (χ1v) is 5.86. The molecule has 88 valence electrons. The number of hydrogen-bond acceptors (Lipinski definition) is 1. The molecule has 0 bridgehead atoms. The number of aliphatic carboxylic acids is 1. The van der Waals surface area contributed by atoms with Crippen LogP contribution in [0.25, 0.3) is 0 Å². The van der Waals surface area contributed by atoms with Crippen LogP contribution in [0.1, 0.15) is 32.3 Å². The predicted octanol–water partition coefficient (Wildman–Crippen LogP) is 3.37. The van der Waals surface area contributed by atoms with Crippen molar-refractivity contribution in [2.45, 2.75) is 33.1 Å². The fourth-order valence-electron chi connectivity index (χ4n) is 1.78. The molecule has 1 N–H and O–H groups in total. The molecule has 0 spiro atoms. The predicted molar refractivity (Wildman–Crippen MR) is 65.3 cm³/mol. The number of benzene rings is 1. The summed E-state index contributed by atoms with van der Waals surface area (Å²) in [5.74, 6) is -0.366. The SMILES string of the molecule is CC(CCC(C)C(=O)O)Cc1ccccc1. The zero-order valence-electron chi connectivity index (χ0n) is 10.0. The molecule has 2 nitrogen and oxygen atoms in total. The average molecular weight is 220 g/mol. The minimum atomic E-state index is -0.688. The third kappa shape index (κ3) is 4.47. The molecule has 16 heavy (non-hydrogen) atoms. The van der Waals surface area contributed by atoms with E-state index in [0.29, 0.717) is 5.92 Å². The maximum Gasteiger partial charge on any atom is 0.306 e. The van der Waals surface area contributed by atoms with E-state index >= 15 is 0 Å². The van der Waals surface area contributed by atoms with Crippen LogP contribution in [0.5, 0.6) is 0 Å². The molecule has 0 aliphatic carbocycles. The lowest BCUT2D eigenvalue weighted by Crippen LogP contribution is -2.11. The second-order valence-corrected chi connectivity index (χ2v) is 4.61. The summed E-state index contributed by atoms with van der Waals surface area (Å²) in [6, 6.07) is 10.3. The van der Waals surface area contributed by atoms with Gasteiger partial charge >= 0.3 is 5.97 Å². The topological polar surface area (TPSA) is 37.3 Å². The van der Waals surface area contributed by atoms with Crippen molar-refractivity contribution >= 4 is 5.97 Å². The molecular formula is C14H20O2. The summed E-state index contributed by atoms with van der Waals surface area (Å²) in [5, 5.41) is 8.78. The molecular weight excluding hydrogens is 200 g/mol. The Morgan fingerprint density at radius 1 is 1.19 bits per heavy atom. The highest BCUT2D eigenvalue weighted by atomic mass is 16.4. The molecule has 0 aliphatic heterocycles. The van der Waals surface area contributed by atoms with E-state index in [1.807, 2.05) is 18.2 Å². The van der Waals surface area contributed by atoms with Gasteiger partial charge in [0.15, 0.2) is 0 Å². The van der Waals surface area contributed by atoms with E-state index in [2.05, 4.69) is 19.1 Å². The number of carboxylic acid groups (broad SMARTS) is 1. The first-order chi connectivity index (χ1) is 7.59. The maximum absolute atomic E-state index is 10.7. The molecule has 2 unspecified atom stereocenters. The number of carboxylic acids is 1. The van der Waals surface area contributed by atoms with Crippen LogP contribution < -0.4 is 0 Å². The minimum absolute atomic E-state index is 0.224. The molecule has 0 saturated heterocycles. The summed E-state index contributed by atoms with van der Waals surface area (Å²) in [7, 11) is 0. The van der Waals surface area contributed by atoms with Gasteiger partial charge in [0.05, 0.1) is 5.92 Å². The van der Waals surface area contributed by atoms with Crippen molar-refractivity contribution in [2.24, 2.45) is 11.8 Å². The molecule has 0 heterocycles. The van der Waals surface area contributed by atoms with E-state index in [0.717, 1.165) is 19.3 Å². The van der Waals surface area contributed by atoms with Gasteiger partial charge in [0.2, 0.25) is 0 Å². The minimum Gasteiger partial charge on any atom is -0.481 e. The second-order valence-electron chi connectivity index (χ2n) is 4.61. The van der Waals surface area contributed by atoms with Crippen LogP contribution >= 0.6 is 0 Å². The molecule has 1 rings (SSSR count). The van der Waals surface area contributed by atoms with E-state index in [1.165, 1.54) is 5.56 Å². The molecule has 0 radical (unpaired) electrons. The molecule has 2 heteroatoms. The van der Waals surface area contributed by atoms with Gasteiger partial charge in [0, 0.05) is 0 Å². The maximum atomic E-state index is 10.7. The van der Waals surface area contributed by atoms with Gasteiger partial charge in [-0.25, -0.2) is 0 Å². The van der Waals surface area contributed by atoms with Gasteiger partial charge in [-0.15, -0.1) is 0 Å². The highest BCUT2D eigenvalue weighted by Crippen LogP contribution is 2.16. The fourth-order valence-corrected chi connectivity index (χ4v) is 1.78. The first-order valence-electron chi connectivity index (χ1n) is 5.86. The van der Waals surface area contributed by atoms with Crippen LogP contribution in [-0.2, 0) is 11.2 Å². The lowest BCUT2D eigenvalue weighted by molar-refractivity contribution is -0.141. The largest absolute Gasteiger partial charge is 0.481 e. The summed E-state index contributed by atoms with van der Waals surface area (Å²) in [5.41, 5.74) is 1.33. The Bertz CT molecular complexity index is 319. The van der Waals surface area contributed by atoms with Crippen molar-refractivity contribution < 1.29 is 9.90 Å². The van der Waals surface area contributed by atoms with E-state index in [1.54, 1.807) is 6.92 Å². The highest BCUT2D eigenvalue weighted by Gasteiger charge is 2.12. The van der Waals surface area contributed by atoms with Crippen molar-refractivity contribution in [1.29, 1.82) is 0 Å². The van der Waals surface area contributed by atoms with Crippen LogP contribution in [0.2, 0.25) is 0 Å². The Morgan fingerprint density at radius 2 is 1.81 bits per heavy atom. The Morgan fingerprint density at radius 3 is 2.38 bits per heavy atom. The van der Waals surface area contributed by atoms with E-state index in [9.17, 15) is 4.79 Å². The summed E-state index contributed by atoms with van der Waals surface area (Å²) in [4.78, 5) is 10.7. The van der Waals surface area contributed by atoms with Crippen molar-refractivity contribution in [3.8, 4) is 0 Å². The van der Waals surface area contributed by atoms with Gasteiger partial charge in [0.25, 0.3) is 0 Å². The first kappa shape index (κ1) is 12.8. The highest BCUT2D eigenvalue weighted by molar-refractivity contribution is 5.69. The smallest absolute Gasteiger partial charge is 0.306 e. The zero-order chi connectivity index (χ0) is 12.0. The molecule has 0 aromatic heterocycles. The van der Waals surface area contributed by atoms with Crippen LogP contribution in [0.4, 0.5) is 0 Å². The summed E-state index contributed by atoms with van der Waals surface area (Å²) < 4.78 is 0. The van der Waals surface area contributed by atoms with Gasteiger partial charge in [-0.05, 0) is 30.7 Å². The van der Waals surface area contributed by atoms with E-state index < -0.39 is 5.97 Å². The average Bonchev–Trinajstić information content (AvgIpc) is 2.27.